The number of nitrogens with one attached hydrogen (secondary N) is 2. The highest BCUT2D eigenvalue weighted by Crippen LogP contribution is 2.48. The Labute approximate surface area is 257 Å². The molecule has 0 amide bonds. The standard InChI is InChI=1S/C28H12Cl2N2O10S2/c29-17-21-19(13-15(27(17)43(37,38)39)25(35)11-7-3-1-5-9(11)23(13)33)31-22-18(30)28(44(40,41)42)16-14(20(22)32-21)24(34)10-6-2-4-8-12(10)26(16)36/h1-8,19,31H,(H,37,38,39)(H,40,41,42)/p+1. The molecule has 12 nitrogen and oxygen atoms in total. The largest absolute Gasteiger partial charge is 0.362 e. The van der Waals surface area contributed by atoms with Crippen LogP contribution in [0.2, 0.25) is 5.02 Å². The molecule has 0 saturated carbocycles. The van der Waals surface area contributed by atoms with E-state index in [9.17, 15) is 45.1 Å². The molecule has 1 unspecified atom stereocenters. The number of carbonyl (C=O) groups excluding carboxylic acids is 4. The van der Waals surface area contributed by atoms with Gasteiger partial charge in [0.25, 0.3) is 20.2 Å². The lowest BCUT2D eigenvalue weighted by Gasteiger charge is -2.34. The van der Waals surface area contributed by atoms with Crippen molar-refractivity contribution in [2.75, 3.05) is 5.32 Å². The molecule has 1 atom stereocenters. The lowest BCUT2D eigenvalue weighted by molar-refractivity contribution is -0.355. The lowest BCUT2D eigenvalue weighted by atomic mass is 9.76. The minimum absolute atomic E-state index is 0.0940. The van der Waals surface area contributed by atoms with E-state index in [1.807, 2.05) is 0 Å². The molecule has 4 aliphatic rings. The molecule has 16 heteroatoms. The average Bonchev–Trinajstić information content (AvgIpc) is 2.96. The Balaban J connectivity index is 1.60. The zero-order valence-electron chi connectivity index (χ0n) is 21.4. The fourth-order valence-electron chi connectivity index (χ4n) is 5.98. The van der Waals surface area contributed by atoms with E-state index >= 15 is 0 Å². The number of halogens is 2. The molecule has 0 bridgehead atoms. The van der Waals surface area contributed by atoms with Crippen LogP contribution in [0.1, 0.15) is 52.6 Å². The zero-order valence-corrected chi connectivity index (χ0v) is 24.6. The molecule has 1 aliphatic heterocycles. The molecule has 220 valence electrons. The van der Waals surface area contributed by atoms with Gasteiger partial charge in [-0.25, -0.2) is 4.99 Å². The van der Waals surface area contributed by atoms with Crippen molar-refractivity contribution >= 4 is 83.7 Å². The highest BCUT2D eigenvalue weighted by atomic mass is 35.5. The molecule has 0 saturated heterocycles. The van der Waals surface area contributed by atoms with Crippen molar-refractivity contribution in [2.24, 2.45) is 0 Å². The summed E-state index contributed by atoms with van der Waals surface area (Å²) in [5.74, 6) is -3.59. The van der Waals surface area contributed by atoms with E-state index in [0.29, 0.717) is 0 Å². The van der Waals surface area contributed by atoms with Crippen molar-refractivity contribution in [1.29, 1.82) is 0 Å². The first-order valence-electron chi connectivity index (χ1n) is 12.4. The number of Topliss-reactive ketones (excluding diaryl/α,β-unsaturated/α-hetero) is 2. The Bertz CT molecular complexity index is 2360. The fourth-order valence-corrected chi connectivity index (χ4v) is 8.64. The summed E-state index contributed by atoms with van der Waals surface area (Å²) in [7, 11) is -10.6. The summed E-state index contributed by atoms with van der Waals surface area (Å²) in [6.07, 6.45) is 0. The Morgan fingerprint density at radius 3 is 1.73 bits per heavy atom. The first-order valence-corrected chi connectivity index (χ1v) is 16.0. The molecule has 3 aromatic rings. The van der Waals surface area contributed by atoms with Gasteiger partial charge in [-0.1, -0.05) is 71.7 Å². The first-order chi connectivity index (χ1) is 20.6. The van der Waals surface area contributed by atoms with Crippen molar-refractivity contribution in [3.63, 3.8) is 0 Å². The molecule has 4 N–H and O–H groups in total. The molecule has 7 rings (SSSR count). The molecular formula is C28H13Cl2N2O10S2+. The summed E-state index contributed by atoms with van der Waals surface area (Å²) in [6.45, 7) is 0. The molecule has 0 spiro atoms. The molecule has 0 aromatic heterocycles. The summed E-state index contributed by atoms with van der Waals surface area (Å²) >= 11 is 13.0. The molecule has 3 aliphatic carbocycles. The predicted molar refractivity (Wildman–Crippen MR) is 154 cm³/mol. The van der Waals surface area contributed by atoms with Gasteiger partial charge in [0.2, 0.25) is 17.2 Å². The van der Waals surface area contributed by atoms with Crippen LogP contribution in [0.4, 0.5) is 11.4 Å². The number of carbonyl (C=O) groups is 4. The van der Waals surface area contributed by atoms with Gasteiger partial charge in [-0.05, 0) is 0 Å². The highest BCUT2D eigenvalue weighted by molar-refractivity contribution is 7.90. The normalized spacial score (nSPS) is 18.9. The summed E-state index contributed by atoms with van der Waals surface area (Å²) in [6, 6.07) is 9.55. The van der Waals surface area contributed by atoms with Crippen LogP contribution in [0.15, 0.2) is 74.5 Å². The Kier molecular flexibility index (Phi) is 5.89. The van der Waals surface area contributed by atoms with Gasteiger partial charge in [0.15, 0.2) is 17.3 Å². The van der Waals surface area contributed by atoms with Gasteiger partial charge < -0.3 is 5.32 Å². The van der Waals surface area contributed by atoms with Gasteiger partial charge in [-0.3, -0.25) is 28.3 Å². The molecule has 3 aromatic carbocycles. The van der Waals surface area contributed by atoms with Gasteiger partial charge >= 0.3 is 0 Å². The Morgan fingerprint density at radius 2 is 1.20 bits per heavy atom. The number of anilines is 1. The molecule has 0 fully saturated rings. The van der Waals surface area contributed by atoms with Crippen LogP contribution in [0.5, 0.6) is 0 Å². The van der Waals surface area contributed by atoms with Crippen LogP contribution in [0.3, 0.4) is 0 Å². The summed E-state index contributed by atoms with van der Waals surface area (Å²) in [4.78, 5) is 55.4. The molecule has 0 radical (unpaired) electrons. The number of rotatable bonds is 2. The second-order valence-corrected chi connectivity index (χ2v) is 13.5. The SMILES string of the molecule is O=C1C2=C(C(=O)c3ccccc31)C1Nc3c(Cl)c(S(=O)(=O)O)c4c(c3[NH+]=C1C(Cl)=C2S(=O)(=O)O)C(=O)c1ccccc1C4=O. The van der Waals surface area contributed by atoms with Gasteiger partial charge in [0, 0.05) is 27.8 Å². The van der Waals surface area contributed by atoms with Crippen molar-refractivity contribution in [3.05, 3.63) is 108 Å². The van der Waals surface area contributed by atoms with Crippen LogP contribution in [-0.2, 0) is 20.2 Å². The molecule has 44 heavy (non-hydrogen) atoms. The van der Waals surface area contributed by atoms with Crippen molar-refractivity contribution in [3.8, 4) is 0 Å². The van der Waals surface area contributed by atoms with Crippen molar-refractivity contribution in [2.45, 2.75) is 10.9 Å². The number of allylic oxidation sites excluding steroid dienone is 1. The van der Waals surface area contributed by atoms with Crippen molar-refractivity contribution < 1.29 is 50.1 Å². The molecule has 1 heterocycles. The Hall–Kier alpha value is -4.31. The minimum Gasteiger partial charge on any atom is -0.362 e. The van der Waals surface area contributed by atoms with E-state index in [4.69, 9.17) is 23.2 Å². The maximum absolute atomic E-state index is 13.8. The number of fused-ring (bicyclic) bond motifs is 7. The second-order valence-electron chi connectivity index (χ2n) is 10.0. The summed E-state index contributed by atoms with van der Waals surface area (Å²) in [5.41, 5.74) is -4.06. The minimum atomic E-state index is -5.28. The maximum atomic E-state index is 13.8. The topological polar surface area (TPSA) is 203 Å². The van der Waals surface area contributed by atoms with Crippen LogP contribution in [0.25, 0.3) is 0 Å². The van der Waals surface area contributed by atoms with E-state index < -0.39 is 91.5 Å². The smallest absolute Gasteiger partial charge is 0.297 e. The van der Waals surface area contributed by atoms with E-state index in [0.717, 1.165) is 0 Å². The van der Waals surface area contributed by atoms with Crippen molar-refractivity contribution in [1.82, 2.24) is 0 Å². The third-order valence-corrected chi connectivity index (χ3v) is 10.6. The number of ketones is 4. The predicted octanol–water partition coefficient (Wildman–Crippen LogP) is 2.04. The average molecular weight is 672 g/mol. The van der Waals surface area contributed by atoms with Gasteiger partial charge in [0.05, 0.1) is 16.2 Å². The van der Waals surface area contributed by atoms with E-state index in [1.54, 1.807) is 0 Å². The van der Waals surface area contributed by atoms with Crippen LogP contribution in [-0.4, -0.2) is 60.8 Å². The summed E-state index contributed by atoms with van der Waals surface area (Å²) < 4.78 is 71.0. The zero-order chi connectivity index (χ0) is 31.6. The maximum Gasteiger partial charge on any atom is 0.297 e. The number of hydrogen-bond acceptors (Lipinski definition) is 9. The summed E-state index contributed by atoms with van der Waals surface area (Å²) in [5, 5.41) is 1.30. The van der Waals surface area contributed by atoms with Gasteiger partial charge in [-0.2, -0.15) is 16.8 Å². The monoisotopic (exact) mass is 671 g/mol. The molecular weight excluding hydrogens is 659 g/mol. The van der Waals surface area contributed by atoms with Crippen LogP contribution < -0.4 is 10.3 Å². The Morgan fingerprint density at radius 1 is 0.705 bits per heavy atom. The second kappa shape index (κ2) is 9.11. The van der Waals surface area contributed by atoms with E-state index in [1.165, 1.54) is 48.5 Å². The fraction of sp³-hybridized carbons (Fsp3) is 0.0357. The van der Waals surface area contributed by atoms with Gasteiger partial charge in [-0.15, -0.1) is 0 Å². The quantitative estimate of drug-likeness (QED) is 0.227. The van der Waals surface area contributed by atoms with Gasteiger partial charge in [0.1, 0.15) is 32.1 Å². The highest BCUT2D eigenvalue weighted by Gasteiger charge is 2.53. The number of hydrogen-bond donors (Lipinski definition) is 4. The van der Waals surface area contributed by atoms with E-state index in [2.05, 4.69) is 10.3 Å². The third-order valence-electron chi connectivity index (χ3n) is 7.73. The third kappa shape index (κ3) is 3.66. The van der Waals surface area contributed by atoms with Crippen LogP contribution >= 0.6 is 23.2 Å². The first kappa shape index (κ1) is 28.5. The lowest BCUT2D eigenvalue weighted by Crippen LogP contribution is -2.75. The van der Waals surface area contributed by atoms with E-state index in [-0.39, 0.29) is 39.3 Å². The van der Waals surface area contributed by atoms with Crippen LogP contribution in [0, 0.1) is 0 Å². The number of benzene rings is 3.